The molecule has 1 saturated heterocycles. The van der Waals surface area contributed by atoms with Crippen LogP contribution in [0.5, 0.6) is 0 Å². The standard InChI is InChI=1S/C14H20N4S/c1-4-10-5-15-12-11(10)13(17-9-16-12)18-6-14(2,7-18)8-19-3/h5,9H,4,6-8H2,1-3H3,(H,15,16,17). The fourth-order valence-corrected chi connectivity index (χ4v) is 3.87. The Bertz CT molecular complexity index is 586. The van der Waals surface area contributed by atoms with Crippen molar-refractivity contribution in [2.75, 3.05) is 30.0 Å². The Labute approximate surface area is 118 Å². The fraction of sp³-hybridized carbons (Fsp3) is 0.571. The Kier molecular flexibility index (Phi) is 3.17. The lowest BCUT2D eigenvalue weighted by atomic mass is 9.84. The molecule has 3 rings (SSSR count). The monoisotopic (exact) mass is 276 g/mol. The predicted molar refractivity (Wildman–Crippen MR) is 82.0 cm³/mol. The van der Waals surface area contributed by atoms with Crippen LogP contribution in [0.3, 0.4) is 0 Å². The summed E-state index contributed by atoms with van der Waals surface area (Å²) in [6, 6.07) is 0. The maximum Gasteiger partial charge on any atom is 0.143 e. The van der Waals surface area contributed by atoms with Gasteiger partial charge >= 0.3 is 0 Å². The zero-order valence-electron chi connectivity index (χ0n) is 11.7. The van der Waals surface area contributed by atoms with Gasteiger partial charge in [-0.15, -0.1) is 0 Å². The first kappa shape index (κ1) is 12.8. The molecule has 5 heteroatoms. The van der Waals surface area contributed by atoms with E-state index < -0.39 is 0 Å². The normalized spacial score (nSPS) is 17.7. The van der Waals surface area contributed by atoms with Crippen LogP contribution in [0.4, 0.5) is 5.82 Å². The quantitative estimate of drug-likeness (QED) is 0.932. The van der Waals surface area contributed by atoms with E-state index in [4.69, 9.17) is 0 Å². The van der Waals surface area contributed by atoms with E-state index in [1.54, 1.807) is 6.33 Å². The predicted octanol–water partition coefficient (Wildman–Crippen LogP) is 2.71. The molecule has 0 unspecified atom stereocenters. The molecule has 0 bridgehead atoms. The lowest BCUT2D eigenvalue weighted by Crippen LogP contribution is -2.56. The number of aryl methyl sites for hydroxylation is 1. The average molecular weight is 276 g/mol. The van der Waals surface area contributed by atoms with Gasteiger partial charge in [-0.05, 0) is 18.2 Å². The SMILES string of the molecule is CCc1c[nH]c2ncnc(N3CC(C)(CSC)C3)c12. The molecular weight excluding hydrogens is 256 g/mol. The third-order valence-corrected chi connectivity index (χ3v) is 4.84. The molecule has 1 aliphatic heterocycles. The van der Waals surface area contributed by atoms with E-state index in [1.165, 1.54) is 16.7 Å². The van der Waals surface area contributed by atoms with Crippen LogP contribution in [-0.4, -0.2) is 40.1 Å². The van der Waals surface area contributed by atoms with Crippen molar-refractivity contribution >= 4 is 28.6 Å². The second kappa shape index (κ2) is 4.71. The molecule has 4 nitrogen and oxygen atoms in total. The minimum atomic E-state index is 0.430. The van der Waals surface area contributed by atoms with Gasteiger partial charge in [0.15, 0.2) is 0 Å². The average Bonchev–Trinajstić information content (AvgIpc) is 2.79. The summed E-state index contributed by atoms with van der Waals surface area (Å²) < 4.78 is 0. The van der Waals surface area contributed by atoms with E-state index in [0.717, 1.165) is 31.0 Å². The number of anilines is 1. The van der Waals surface area contributed by atoms with E-state index in [-0.39, 0.29) is 0 Å². The van der Waals surface area contributed by atoms with Gasteiger partial charge in [0, 0.05) is 30.5 Å². The largest absolute Gasteiger partial charge is 0.355 e. The molecule has 1 aliphatic rings. The van der Waals surface area contributed by atoms with Crippen molar-refractivity contribution in [2.45, 2.75) is 20.3 Å². The number of aromatic amines is 1. The Balaban J connectivity index is 1.92. The van der Waals surface area contributed by atoms with Crippen LogP contribution in [0, 0.1) is 5.41 Å². The van der Waals surface area contributed by atoms with Crippen molar-refractivity contribution in [3.05, 3.63) is 18.1 Å². The summed E-state index contributed by atoms with van der Waals surface area (Å²) in [6.45, 7) is 6.71. The number of aromatic nitrogens is 3. The zero-order valence-corrected chi connectivity index (χ0v) is 12.5. The van der Waals surface area contributed by atoms with Gasteiger partial charge < -0.3 is 9.88 Å². The van der Waals surface area contributed by atoms with Crippen molar-refractivity contribution in [2.24, 2.45) is 5.41 Å². The van der Waals surface area contributed by atoms with Crippen molar-refractivity contribution in [3.63, 3.8) is 0 Å². The Morgan fingerprint density at radius 2 is 2.21 bits per heavy atom. The zero-order chi connectivity index (χ0) is 13.5. The molecule has 3 heterocycles. The third kappa shape index (κ3) is 2.10. The second-order valence-corrected chi connectivity index (χ2v) is 6.55. The van der Waals surface area contributed by atoms with Crippen molar-refractivity contribution in [1.82, 2.24) is 15.0 Å². The van der Waals surface area contributed by atoms with Gasteiger partial charge in [-0.3, -0.25) is 0 Å². The van der Waals surface area contributed by atoms with Gasteiger partial charge in [0.25, 0.3) is 0 Å². The van der Waals surface area contributed by atoms with E-state index in [0.29, 0.717) is 5.41 Å². The van der Waals surface area contributed by atoms with E-state index in [2.05, 4.69) is 46.2 Å². The summed E-state index contributed by atoms with van der Waals surface area (Å²) in [6.07, 6.45) is 6.91. The first-order chi connectivity index (χ1) is 9.17. The Hall–Kier alpha value is -1.23. The fourth-order valence-electron chi connectivity index (χ4n) is 2.99. The summed E-state index contributed by atoms with van der Waals surface area (Å²) in [4.78, 5) is 14.5. The highest BCUT2D eigenvalue weighted by Crippen LogP contribution is 2.38. The van der Waals surface area contributed by atoms with E-state index in [9.17, 15) is 0 Å². The van der Waals surface area contributed by atoms with Gasteiger partial charge in [-0.25, -0.2) is 9.97 Å². The summed E-state index contributed by atoms with van der Waals surface area (Å²) in [7, 11) is 0. The topological polar surface area (TPSA) is 44.8 Å². The lowest BCUT2D eigenvalue weighted by Gasteiger charge is -2.48. The molecule has 0 saturated carbocycles. The molecule has 19 heavy (non-hydrogen) atoms. The molecule has 0 spiro atoms. The summed E-state index contributed by atoms with van der Waals surface area (Å²) in [5.41, 5.74) is 2.70. The maximum absolute atomic E-state index is 4.52. The number of fused-ring (bicyclic) bond motifs is 1. The molecular formula is C14H20N4S. The van der Waals surface area contributed by atoms with Gasteiger partial charge in [0.1, 0.15) is 17.8 Å². The van der Waals surface area contributed by atoms with Crippen LogP contribution in [0.25, 0.3) is 11.0 Å². The highest BCUT2D eigenvalue weighted by Gasteiger charge is 2.39. The Morgan fingerprint density at radius 1 is 1.42 bits per heavy atom. The number of nitrogens with zero attached hydrogens (tertiary/aromatic N) is 3. The van der Waals surface area contributed by atoms with Gasteiger partial charge in [0.05, 0.1) is 5.39 Å². The number of rotatable bonds is 4. The van der Waals surface area contributed by atoms with Crippen LogP contribution in [0.2, 0.25) is 0 Å². The molecule has 1 fully saturated rings. The van der Waals surface area contributed by atoms with Crippen LogP contribution < -0.4 is 4.90 Å². The minimum absolute atomic E-state index is 0.430. The molecule has 102 valence electrons. The molecule has 0 aromatic carbocycles. The molecule has 0 atom stereocenters. The number of nitrogens with one attached hydrogen (secondary N) is 1. The molecule has 2 aromatic rings. The van der Waals surface area contributed by atoms with Gasteiger partial charge in [-0.2, -0.15) is 11.8 Å². The van der Waals surface area contributed by atoms with Crippen LogP contribution in [0.1, 0.15) is 19.4 Å². The molecule has 1 N–H and O–H groups in total. The summed E-state index contributed by atoms with van der Waals surface area (Å²) in [5.74, 6) is 2.31. The maximum atomic E-state index is 4.52. The molecule has 0 amide bonds. The van der Waals surface area contributed by atoms with Crippen LogP contribution in [-0.2, 0) is 6.42 Å². The van der Waals surface area contributed by atoms with E-state index in [1.807, 2.05) is 11.8 Å². The first-order valence-corrected chi connectivity index (χ1v) is 8.11. The smallest absolute Gasteiger partial charge is 0.143 e. The third-order valence-electron chi connectivity index (χ3n) is 3.85. The number of thioether (sulfide) groups is 1. The number of hydrogen-bond acceptors (Lipinski definition) is 4. The Morgan fingerprint density at radius 3 is 2.89 bits per heavy atom. The van der Waals surface area contributed by atoms with Crippen LogP contribution >= 0.6 is 11.8 Å². The number of hydrogen-bond donors (Lipinski definition) is 1. The number of H-pyrrole nitrogens is 1. The van der Waals surface area contributed by atoms with Crippen molar-refractivity contribution in [3.8, 4) is 0 Å². The highest BCUT2D eigenvalue weighted by atomic mass is 32.2. The van der Waals surface area contributed by atoms with Crippen molar-refractivity contribution in [1.29, 1.82) is 0 Å². The molecule has 0 aliphatic carbocycles. The molecule has 0 radical (unpaired) electrons. The summed E-state index contributed by atoms with van der Waals surface area (Å²) in [5, 5.41) is 1.20. The van der Waals surface area contributed by atoms with Gasteiger partial charge in [0.2, 0.25) is 0 Å². The molecule has 2 aromatic heterocycles. The first-order valence-electron chi connectivity index (χ1n) is 6.72. The van der Waals surface area contributed by atoms with Gasteiger partial charge in [-0.1, -0.05) is 13.8 Å². The van der Waals surface area contributed by atoms with Crippen LogP contribution in [0.15, 0.2) is 12.5 Å². The van der Waals surface area contributed by atoms with Crippen molar-refractivity contribution < 1.29 is 0 Å². The lowest BCUT2D eigenvalue weighted by molar-refractivity contribution is 0.283. The summed E-state index contributed by atoms with van der Waals surface area (Å²) >= 11 is 1.93. The van der Waals surface area contributed by atoms with E-state index >= 15 is 0 Å². The minimum Gasteiger partial charge on any atom is -0.355 e. The highest BCUT2D eigenvalue weighted by molar-refractivity contribution is 7.98. The second-order valence-electron chi connectivity index (χ2n) is 5.69.